The van der Waals surface area contributed by atoms with Crippen LogP contribution < -0.4 is 0 Å². The molecule has 2 aromatic rings. The summed E-state index contributed by atoms with van der Waals surface area (Å²) in [5.41, 5.74) is 5.56. The molecule has 0 nitrogen and oxygen atoms in total. The van der Waals surface area contributed by atoms with Crippen molar-refractivity contribution in [1.82, 2.24) is 0 Å². The van der Waals surface area contributed by atoms with Gasteiger partial charge in [-0.15, -0.1) is 0 Å². The molecule has 0 aliphatic carbocycles. The summed E-state index contributed by atoms with van der Waals surface area (Å²) in [7, 11) is 0. The highest BCUT2D eigenvalue weighted by molar-refractivity contribution is 14.1. The standard InChI is InChI=1S/C16H17I/c1-11(2)16-12(3)14(9-10-15(16)17)13-7-5-4-6-8-13/h4-11H,1-3H3. The summed E-state index contributed by atoms with van der Waals surface area (Å²) in [6.07, 6.45) is 0. The predicted molar refractivity (Wildman–Crippen MR) is 83.4 cm³/mol. The van der Waals surface area contributed by atoms with Crippen LogP contribution in [0.4, 0.5) is 0 Å². The van der Waals surface area contributed by atoms with Crippen molar-refractivity contribution in [3.05, 3.63) is 57.2 Å². The Bertz CT molecular complexity index is 513. The number of halogens is 1. The van der Waals surface area contributed by atoms with Crippen molar-refractivity contribution in [2.45, 2.75) is 26.7 Å². The molecule has 0 aliphatic heterocycles. The van der Waals surface area contributed by atoms with Crippen LogP contribution >= 0.6 is 22.6 Å². The number of rotatable bonds is 2. The van der Waals surface area contributed by atoms with E-state index in [4.69, 9.17) is 0 Å². The van der Waals surface area contributed by atoms with Crippen molar-refractivity contribution in [3.8, 4) is 11.1 Å². The molecule has 2 aromatic carbocycles. The van der Waals surface area contributed by atoms with Crippen molar-refractivity contribution < 1.29 is 0 Å². The first-order valence-corrected chi connectivity index (χ1v) is 7.03. The third kappa shape index (κ3) is 2.54. The molecule has 0 unspecified atom stereocenters. The molecule has 88 valence electrons. The number of hydrogen-bond acceptors (Lipinski definition) is 0. The van der Waals surface area contributed by atoms with Gasteiger partial charge in [-0.05, 0) is 63.8 Å². The maximum atomic E-state index is 2.44. The van der Waals surface area contributed by atoms with Gasteiger partial charge in [-0.25, -0.2) is 0 Å². The Morgan fingerprint density at radius 3 is 2.18 bits per heavy atom. The van der Waals surface area contributed by atoms with Gasteiger partial charge in [-0.1, -0.05) is 50.2 Å². The lowest BCUT2D eigenvalue weighted by molar-refractivity contribution is 0.850. The molecule has 0 N–H and O–H groups in total. The average Bonchev–Trinajstić information content (AvgIpc) is 2.30. The molecule has 1 heteroatoms. The SMILES string of the molecule is Cc1c(-c2ccccc2)ccc(I)c1C(C)C. The summed E-state index contributed by atoms with van der Waals surface area (Å²) in [5.74, 6) is 0.575. The van der Waals surface area contributed by atoms with Gasteiger partial charge in [0.15, 0.2) is 0 Å². The summed E-state index contributed by atoms with van der Waals surface area (Å²) in [5, 5.41) is 0. The summed E-state index contributed by atoms with van der Waals surface area (Å²) in [6.45, 7) is 6.76. The topological polar surface area (TPSA) is 0 Å². The molecule has 0 aliphatic rings. The second kappa shape index (κ2) is 5.21. The first-order valence-electron chi connectivity index (χ1n) is 5.95. The van der Waals surface area contributed by atoms with Crippen LogP contribution in [-0.2, 0) is 0 Å². The van der Waals surface area contributed by atoms with Gasteiger partial charge in [0.2, 0.25) is 0 Å². The van der Waals surface area contributed by atoms with E-state index in [1.54, 1.807) is 0 Å². The van der Waals surface area contributed by atoms with Crippen molar-refractivity contribution >= 4 is 22.6 Å². The molecule has 0 radical (unpaired) electrons. The van der Waals surface area contributed by atoms with E-state index >= 15 is 0 Å². The molecule has 0 fully saturated rings. The third-order valence-corrected chi connectivity index (χ3v) is 4.06. The van der Waals surface area contributed by atoms with Crippen LogP contribution in [0.25, 0.3) is 11.1 Å². The van der Waals surface area contributed by atoms with Crippen LogP contribution in [0, 0.1) is 10.5 Å². The summed E-state index contributed by atoms with van der Waals surface area (Å²) in [6, 6.07) is 15.1. The summed E-state index contributed by atoms with van der Waals surface area (Å²) in [4.78, 5) is 0. The second-order valence-corrected chi connectivity index (χ2v) is 5.82. The van der Waals surface area contributed by atoms with E-state index in [0.717, 1.165) is 0 Å². The van der Waals surface area contributed by atoms with Gasteiger partial charge in [-0.3, -0.25) is 0 Å². The van der Waals surface area contributed by atoms with Gasteiger partial charge < -0.3 is 0 Å². The molecule has 17 heavy (non-hydrogen) atoms. The Morgan fingerprint density at radius 2 is 1.59 bits per heavy atom. The van der Waals surface area contributed by atoms with Gasteiger partial charge in [0.05, 0.1) is 0 Å². The van der Waals surface area contributed by atoms with E-state index in [0.29, 0.717) is 5.92 Å². The molecule has 0 saturated heterocycles. The normalized spacial score (nSPS) is 10.9. The average molecular weight is 336 g/mol. The lowest BCUT2D eigenvalue weighted by Gasteiger charge is -2.16. The lowest BCUT2D eigenvalue weighted by Crippen LogP contribution is -1.98. The number of hydrogen-bond donors (Lipinski definition) is 0. The summed E-state index contributed by atoms with van der Waals surface area (Å²) >= 11 is 2.44. The zero-order chi connectivity index (χ0) is 12.4. The van der Waals surface area contributed by atoms with Crippen molar-refractivity contribution in [1.29, 1.82) is 0 Å². The van der Waals surface area contributed by atoms with Gasteiger partial charge in [-0.2, -0.15) is 0 Å². The first-order chi connectivity index (χ1) is 8.11. The Balaban J connectivity index is 2.62. The van der Waals surface area contributed by atoms with E-state index in [1.165, 1.54) is 25.8 Å². The third-order valence-electron chi connectivity index (χ3n) is 3.12. The summed E-state index contributed by atoms with van der Waals surface area (Å²) < 4.78 is 1.37. The second-order valence-electron chi connectivity index (χ2n) is 4.65. The van der Waals surface area contributed by atoms with E-state index < -0.39 is 0 Å². The molecule has 0 heterocycles. The van der Waals surface area contributed by atoms with Crippen molar-refractivity contribution in [3.63, 3.8) is 0 Å². The molecule has 0 bridgehead atoms. The fraction of sp³-hybridized carbons (Fsp3) is 0.250. The number of benzene rings is 2. The van der Waals surface area contributed by atoms with Gasteiger partial charge in [0, 0.05) is 3.57 Å². The van der Waals surface area contributed by atoms with Crippen molar-refractivity contribution in [2.75, 3.05) is 0 Å². The van der Waals surface area contributed by atoms with Gasteiger partial charge in [0.1, 0.15) is 0 Å². The largest absolute Gasteiger partial charge is 0.0622 e. The molecular formula is C16H17I. The van der Waals surface area contributed by atoms with Crippen LogP contribution in [0.1, 0.15) is 30.9 Å². The van der Waals surface area contributed by atoms with E-state index in [2.05, 4.69) is 85.8 Å². The minimum absolute atomic E-state index is 0.575. The highest BCUT2D eigenvalue weighted by Crippen LogP contribution is 2.32. The molecule has 2 rings (SSSR count). The maximum absolute atomic E-state index is 2.44. The van der Waals surface area contributed by atoms with Gasteiger partial charge in [0.25, 0.3) is 0 Å². The molecule has 0 amide bonds. The Labute approximate surface area is 117 Å². The van der Waals surface area contributed by atoms with Crippen LogP contribution in [0.5, 0.6) is 0 Å². The molecular weight excluding hydrogens is 319 g/mol. The lowest BCUT2D eigenvalue weighted by atomic mass is 9.91. The van der Waals surface area contributed by atoms with Crippen LogP contribution in [0.15, 0.2) is 42.5 Å². The minimum atomic E-state index is 0.575. The van der Waals surface area contributed by atoms with Crippen molar-refractivity contribution in [2.24, 2.45) is 0 Å². The van der Waals surface area contributed by atoms with Crippen LogP contribution in [0.3, 0.4) is 0 Å². The zero-order valence-electron chi connectivity index (χ0n) is 10.5. The van der Waals surface area contributed by atoms with Crippen LogP contribution in [0.2, 0.25) is 0 Å². The van der Waals surface area contributed by atoms with Gasteiger partial charge >= 0.3 is 0 Å². The highest BCUT2D eigenvalue weighted by atomic mass is 127. The monoisotopic (exact) mass is 336 g/mol. The molecule has 0 atom stereocenters. The molecule has 0 saturated carbocycles. The first kappa shape index (κ1) is 12.6. The minimum Gasteiger partial charge on any atom is -0.0622 e. The fourth-order valence-corrected chi connectivity index (χ4v) is 3.54. The predicted octanol–water partition coefficient (Wildman–Crippen LogP) is 5.39. The maximum Gasteiger partial charge on any atom is 0.0168 e. The van der Waals surface area contributed by atoms with E-state index in [-0.39, 0.29) is 0 Å². The Morgan fingerprint density at radius 1 is 0.941 bits per heavy atom. The molecule has 0 spiro atoms. The Kier molecular flexibility index (Phi) is 3.87. The fourth-order valence-electron chi connectivity index (χ4n) is 2.33. The quantitative estimate of drug-likeness (QED) is 0.645. The highest BCUT2D eigenvalue weighted by Gasteiger charge is 2.12. The Hall–Kier alpha value is -0.830. The zero-order valence-corrected chi connectivity index (χ0v) is 12.7. The smallest absolute Gasteiger partial charge is 0.0168 e. The van der Waals surface area contributed by atoms with E-state index in [9.17, 15) is 0 Å². The van der Waals surface area contributed by atoms with E-state index in [1.807, 2.05) is 0 Å². The van der Waals surface area contributed by atoms with Crippen LogP contribution in [-0.4, -0.2) is 0 Å². The molecule has 0 aromatic heterocycles.